The Kier molecular flexibility index (Phi) is 3.42. The molecule has 0 saturated heterocycles. The number of carbonyl (C=O) groups excluding carboxylic acids is 1. The maximum Gasteiger partial charge on any atom is 0.270 e. The predicted molar refractivity (Wildman–Crippen MR) is 71.8 cm³/mol. The molecule has 1 aliphatic carbocycles. The number of nitrogen functional groups attached to an aromatic ring is 1. The second-order valence-corrected chi connectivity index (χ2v) is 5.06. The Balaban J connectivity index is 2.10. The Morgan fingerprint density at radius 1 is 1.53 bits per heavy atom. The predicted octanol–water partition coefficient (Wildman–Crippen LogP) is 2.10. The van der Waals surface area contributed by atoms with Gasteiger partial charge in [0.05, 0.1) is 10.5 Å². The van der Waals surface area contributed by atoms with Crippen molar-refractivity contribution < 1.29 is 9.72 Å². The van der Waals surface area contributed by atoms with E-state index in [1.54, 1.807) is 0 Å². The molecular formula is C13H17N3O3. The van der Waals surface area contributed by atoms with Gasteiger partial charge in [0.2, 0.25) is 0 Å². The van der Waals surface area contributed by atoms with E-state index in [0.717, 1.165) is 19.3 Å². The number of hydrogen-bond donors (Lipinski definition) is 2. The van der Waals surface area contributed by atoms with Crippen molar-refractivity contribution in [2.45, 2.75) is 26.2 Å². The normalized spacial score (nSPS) is 15.8. The Morgan fingerprint density at radius 2 is 2.21 bits per heavy atom. The van der Waals surface area contributed by atoms with E-state index in [0.29, 0.717) is 6.54 Å². The van der Waals surface area contributed by atoms with Gasteiger partial charge in [0, 0.05) is 24.4 Å². The van der Waals surface area contributed by atoms with E-state index in [1.807, 2.05) is 0 Å². The maximum atomic E-state index is 12.0. The smallest absolute Gasteiger partial charge is 0.270 e. The zero-order chi connectivity index (χ0) is 14.0. The van der Waals surface area contributed by atoms with Crippen LogP contribution in [0.1, 0.15) is 36.5 Å². The molecule has 0 bridgehead atoms. The van der Waals surface area contributed by atoms with Crippen molar-refractivity contribution in [3.63, 3.8) is 0 Å². The van der Waals surface area contributed by atoms with Gasteiger partial charge in [0.15, 0.2) is 0 Å². The number of benzene rings is 1. The van der Waals surface area contributed by atoms with Crippen LogP contribution in [0.15, 0.2) is 18.2 Å². The van der Waals surface area contributed by atoms with Crippen molar-refractivity contribution in [1.29, 1.82) is 0 Å². The topological polar surface area (TPSA) is 98.3 Å². The second kappa shape index (κ2) is 4.87. The number of nitrogens with two attached hydrogens (primary N) is 1. The monoisotopic (exact) mass is 263 g/mol. The van der Waals surface area contributed by atoms with E-state index < -0.39 is 4.92 Å². The van der Waals surface area contributed by atoms with Crippen LogP contribution in [0.4, 0.5) is 11.4 Å². The van der Waals surface area contributed by atoms with Crippen LogP contribution in [0, 0.1) is 15.5 Å². The van der Waals surface area contributed by atoms with Gasteiger partial charge >= 0.3 is 0 Å². The minimum Gasteiger partial charge on any atom is -0.398 e. The van der Waals surface area contributed by atoms with Crippen LogP contribution in [0.25, 0.3) is 0 Å². The van der Waals surface area contributed by atoms with Crippen LogP contribution in [0.5, 0.6) is 0 Å². The zero-order valence-corrected chi connectivity index (χ0v) is 10.8. The Hall–Kier alpha value is -2.11. The zero-order valence-electron chi connectivity index (χ0n) is 10.8. The third-order valence-corrected chi connectivity index (χ3v) is 3.82. The van der Waals surface area contributed by atoms with Crippen molar-refractivity contribution >= 4 is 17.3 Å². The highest BCUT2D eigenvalue weighted by Crippen LogP contribution is 2.47. The Labute approximate surface area is 111 Å². The van der Waals surface area contributed by atoms with Gasteiger partial charge < -0.3 is 11.1 Å². The fourth-order valence-electron chi connectivity index (χ4n) is 2.05. The van der Waals surface area contributed by atoms with Gasteiger partial charge in [-0.25, -0.2) is 0 Å². The average molecular weight is 263 g/mol. The summed E-state index contributed by atoms with van der Waals surface area (Å²) >= 11 is 0. The maximum absolute atomic E-state index is 12.0. The van der Waals surface area contributed by atoms with E-state index in [-0.39, 0.29) is 28.3 Å². The van der Waals surface area contributed by atoms with E-state index >= 15 is 0 Å². The molecule has 0 spiro atoms. The summed E-state index contributed by atoms with van der Waals surface area (Å²) in [7, 11) is 0. The molecule has 19 heavy (non-hydrogen) atoms. The van der Waals surface area contributed by atoms with E-state index in [4.69, 9.17) is 5.73 Å². The van der Waals surface area contributed by atoms with Crippen LogP contribution in [-0.4, -0.2) is 17.4 Å². The lowest BCUT2D eigenvalue weighted by molar-refractivity contribution is -0.384. The molecule has 102 valence electrons. The Bertz CT molecular complexity index is 524. The molecule has 0 aromatic heterocycles. The number of nitro benzene ring substituents is 1. The summed E-state index contributed by atoms with van der Waals surface area (Å²) in [6.45, 7) is 2.70. The molecule has 3 N–H and O–H groups in total. The summed E-state index contributed by atoms with van der Waals surface area (Å²) in [5, 5.41) is 13.5. The summed E-state index contributed by atoms with van der Waals surface area (Å²) < 4.78 is 0. The molecule has 0 radical (unpaired) electrons. The standard InChI is InChI=1S/C13H17N3O3/c1-2-13(5-6-13)8-15-12(17)10-7-9(16(18)19)3-4-11(10)14/h3-4,7H,2,5-6,8,14H2,1H3,(H,15,17). The number of nitrogens with one attached hydrogen (secondary N) is 1. The van der Waals surface area contributed by atoms with Crippen molar-refractivity contribution in [1.82, 2.24) is 5.32 Å². The first-order chi connectivity index (χ1) is 8.97. The first kappa shape index (κ1) is 13.3. The molecule has 6 heteroatoms. The van der Waals surface area contributed by atoms with Crippen LogP contribution in [-0.2, 0) is 0 Å². The van der Waals surface area contributed by atoms with Gasteiger partial charge in [-0.2, -0.15) is 0 Å². The van der Waals surface area contributed by atoms with Crippen LogP contribution < -0.4 is 11.1 Å². The lowest BCUT2D eigenvalue weighted by Gasteiger charge is -2.14. The van der Waals surface area contributed by atoms with E-state index in [9.17, 15) is 14.9 Å². The fourth-order valence-corrected chi connectivity index (χ4v) is 2.05. The summed E-state index contributed by atoms with van der Waals surface area (Å²) in [5.41, 5.74) is 6.21. The fraction of sp³-hybridized carbons (Fsp3) is 0.462. The number of nitrogens with zero attached hydrogens (tertiary/aromatic N) is 1. The molecule has 2 rings (SSSR count). The molecule has 1 aromatic carbocycles. The number of nitro groups is 1. The highest BCUT2D eigenvalue weighted by atomic mass is 16.6. The lowest BCUT2D eigenvalue weighted by atomic mass is 10.0. The molecule has 0 unspecified atom stereocenters. The Morgan fingerprint density at radius 3 is 2.74 bits per heavy atom. The van der Waals surface area contributed by atoms with Crippen LogP contribution in [0.2, 0.25) is 0 Å². The lowest BCUT2D eigenvalue weighted by Crippen LogP contribution is -2.30. The highest BCUT2D eigenvalue weighted by Gasteiger charge is 2.40. The van der Waals surface area contributed by atoms with Gasteiger partial charge in [-0.1, -0.05) is 6.92 Å². The number of hydrogen-bond acceptors (Lipinski definition) is 4. The summed E-state index contributed by atoms with van der Waals surface area (Å²) in [6, 6.07) is 3.90. The number of amides is 1. The van der Waals surface area contributed by atoms with Gasteiger partial charge in [0.25, 0.3) is 11.6 Å². The minimum atomic E-state index is -0.537. The molecule has 0 aliphatic heterocycles. The first-order valence-corrected chi connectivity index (χ1v) is 6.29. The van der Waals surface area contributed by atoms with Crippen LogP contribution >= 0.6 is 0 Å². The molecule has 1 fully saturated rings. The third kappa shape index (κ3) is 2.83. The number of rotatable bonds is 5. The van der Waals surface area contributed by atoms with Gasteiger partial charge in [0.1, 0.15) is 0 Å². The average Bonchev–Trinajstić information content (AvgIpc) is 3.17. The second-order valence-electron chi connectivity index (χ2n) is 5.06. The van der Waals surface area contributed by atoms with Gasteiger partial charge in [-0.05, 0) is 30.7 Å². The summed E-state index contributed by atoms with van der Waals surface area (Å²) in [5.74, 6) is -0.346. The molecule has 6 nitrogen and oxygen atoms in total. The number of anilines is 1. The summed E-state index contributed by atoms with van der Waals surface area (Å²) in [4.78, 5) is 22.2. The van der Waals surface area contributed by atoms with E-state index in [1.165, 1.54) is 18.2 Å². The quantitative estimate of drug-likeness (QED) is 0.482. The molecule has 1 aromatic rings. The van der Waals surface area contributed by atoms with Crippen LogP contribution in [0.3, 0.4) is 0 Å². The number of carbonyl (C=O) groups is 1. The SMILES string of the molecule is CCC1(CNC(=O)c2cc([N+](=O)[O-])ccc2N)CC1. The minimum absolute atomic E-state index is 0.129. The van der Waals surface area contributed by atoms with Crippen molar-refractivity contribution in [2.75, 3.05) is 12.3 Å². The molecular weight excluding hydrogens is 246 g/mol. The van der Waals surface area contributed by atoms with Crippen molar-refractivity contribution in [2.24, 2.45) is 5.41 Å². The molecule has 1 aliphatic rings. The first-order valence-electron chi connectivity index (χ1n) is 6.29. The third-order valence-electron chi connectivity index (χ3n) is 3.82. The van der Waals surface area contributed by atoms with Gasteiger partial charge in [-0.15, -0.1) is 0 Å². The molecule has 1 saturated carbocycles. The largest absolute Gasteiger partial charge is 0.398 e. The highest BCUT2D eigenvalue weighted by molar-refractivity contribution is 5.99. The van der Waals surface area contributed by atoms with Crippen molar-refractivity contribution in [3.05, 3.63) is 33.9 Å². The van der Waals surface area contributed by atoms with Crippen molar-refractivity contribution in [3.8, 4) is 0 Å². The number of non-ortho nitro benzene ring substituents is 1. The molecule has 1 amide bonds. The van der Waals surface area contributed by atoms with E-state index in [2.05, 4.69) is 12.2 Å². The summed E-state index contributed by atoms with van der Waals surface area (Å²) in [6.07, 6.45) is 3.26. The molecule has 0 atom stereocenters. The van der Waals surface area contributed by atoms with Gasteiger partial charge in [-0.3, -0.25) is 14.9 Å². The molecule has 0 heterocycles.